The molecule has 3 heterocycles. The van der Waals surface area contributed by atoms with Crippen molar-refractivity contribution in [1.29, 1.82) is 0 Å². The summed E-state index contributed by atoms with van der Waals surface area (Å²) in [5.74, 6) is 1.11. The lowest BCUT2D eigenvalue weighted by molar-refractivity contribution is 0.397. The van der Waals surface area contributed by atoms with Gasteiger partial charge >= 0.3 is 0 Å². The topological polar surface area (TPSA) is 64.9 Å². The number of fused-ring (bicyclic) bond motifs is 1. The fourth-order valence-electron chi connectivity index (χ4n) is 2.44. The Morgan fingerprint density at radius 2 is 2.30 bits per heavy atom. The molecule has 2 aromatic rings. The minimum absolute atomic E-state index is 0.0696. The van der Waals surface area contributed by atoms with Gasteiger partial charge in [0.25, 0.3) is 0 Å². The molecule has 20 heavy (non-hydrogen) atoms. The van der Waals surface area contributed by atoms with Crippen LogP contribution in [0.25, 0.3) is 0 Å². The maximum absolute atomic E-state index is 5.10. The minimum Gasteiger partial charge on any atom is -0.481 e. The van der Waals surface area contributed by atoms with Crippen molar-refractivity contribution in [3.05, 3.63) is 29.7 Å². The molecule has 0 bridgehead atoms. The van der Waals surface area contributed by atoms with Gasteiger partial charge in [-0.1, -0.05) is 0 Å². The first-order chi connectivity index (χ1) is 9.76. The average Bonchev–Trinajstić information content (AvgIpc) is 2.91. The van der Waals surface area contributed by atoms with Crippen molar-refractivity contribution in [3.63, 3.8) is 0 Å². The summed E-state index contributed by atoms with van der Waals surface area (Å²) in [4.78, 5) is 8.46. The second kappa shape index (κ2) is 5.48. The van der Waals surface area contributed by atoms with Crippen LogP contribution in [0.5, 0.6) is 5.88 Å². The van der Waals surface area contributed by atoms with E-state index < -0.39 is 0 Å². The predicted molar refractivity (Wildman–Crippen MR) is 75.8 cm³/mol. The highest BCUT2D eigenvalue weighted by Crippen LogP contribution is 2.21. The summed E-state index contributed by atoms with van der Waals surface area (Å²) >= 11 is 0. The summed E-state index contributed by atoms with van der Waals surface area (Å²) in [6, 6.07) is 3.97. The second-order valence-electron chi connectivity index (χ2n) is 5.03. The first kappa shape index (κ1) is 12.9. The summed E-state index contributed by atoms with van der Waals surface area (Å²) in [7, 11) is 1.60. The average molecular weight is 273 g/mol. The Kier molecular flexibility index (Phi) is 3.54. The molecular formula is C14H19N5O. The highest BCUT2D eigenvalue weighted by molar-refractivity contribution is 5.31. The van der Waals surface area contributed by atoms with Crippen molar-refractivity contribution < 1.29 is 4.74 Å². The van der Waals surface area contributed by atoms with E-state index in [-0.39, 0.29) is 6.04 Å². The maximum atomic E-state index is 5.10. The van der Waals surface area contributed by atoms with Gasteiger partial charge in [0.1, 0.15) is 0 Å². The number of nitrogens with zero attached hydrogens (tertiary/aromatic N) is 4. The largest absolute Gasteiger partial charge is 0.481 e. The van der Waals surface area contributed by atoms with Gasteiger partial charge in [0.05, 0.1) is 18.8 Å². The third kappa shape index (κ3) is 2.59. The third-order valence-electron chi connectivity index (χ3n) is 3.56. The number of aromatic nitrogens is 4. The molecule has 1 atom stereocenters. The van der Waals surface area contributed by atoms with E-state index in [1.54, 1.807) is 19.4 Å². The molecule has 0 saturated heterocycles. The van der Waals surface area contributed by atoms with Crippen LogP contribution in [-0.4, -0.2) is 26.9 Å². The Morgan fingerprint density at radius 3 is 3.10 bits per heavy atom. The van der Waals surface area contributed by atoms with E-state index in [4.69, 9.17) is 4.74 Å². The van der Waals surface area contributed by atoms with Crippen molar-refractivity contribution in [3.8, 4) is 5.88 Å². The van der Waals surface area contributed by atoms with E-state index >= 15 is 0 Å². The van der Waals surface area contributed by atoms with Gasteiger partial charge in [0.2, 0.25) is 11.8 Å². The maximum Gasteiger partial charge on any atom is 0.226 e. The van der Waals surface area contributed by atoms with Gasteiger partial charge in [-0.15, -0.1) is 0 Å². The number of hydrogen-bond donors (Lipinski definition) is 1. The zero-order chi connectivity index (χ0) is 13.9. The van der Waals surface area contributed by atoms with Crippen LogP contribution in [0.1, 0.15) is 37.2 Å². The predicted octanol–water partition coefficient (Wildman–Crippen LogP) is 2.19. The van der Waals surface area contributed by atoms with Crippen molar-refractivity contribution in [2.24, 2.45) is 0 Å². The fraction of sp³-hybridized carbons (Fsp3) is 0.500. The van der Waals surface area contributed by atoms with E-state index in [0.717, 1.165) is 18.7 Å². The quantitative estimate of drug-likeness (QED) is 0.925. The molecule has 106 valence electrons. The molecule has 1 aliphatic heterocycles. The highest BCUT2D eigenvalue weighted by atomic mass is 16.5. The summed E-state index contributed by atoms with van der Waals surface area (Å²) < 4.78 is 7.21. The SMILES string of the molecule is COc1ccnc(NC(C)c2cc3n(n2)CCCC3)n1. The number of rotatable bonds is 4. The highest BCUT2D eigenvalue weighted by Gasteiger charge is 2.16. The van der Waals surface area contributed by atoms with E-state index in [9.17, 15) is 0 Å². The number of aryl methyl sites for hydroxylation is 2. The molecule has 0 saturated carbocycles. The molecule has 0 fully saturated rings. The van der Waals surface area contributed by atoms with Crippen LogP contribution in [0, 0.1) is 0 Å². The number of methoxy groups -OCH3 is 1. The van der Waals surface area contributed by atoms with Crippen LogP contribution in [0.3, 0.4) is 0 Å². The fourth-order valence-corrected chi connectivity index (χ4v) is 2.44. The monoisotopic (exact) mass is 273 g/mol. The van der Waals surface area contributed by atoms with Crippen molar-refractivity contribution in [2.45, 2.75) is 38.8 Å². The Balaban J connectivity index is 1.75. The third-order valence-corrected chi connectivity index (χ3v) is 3.56. The first-order valence-electron chi connectivity index (χ1n) is 6.96. The van der Waals surface area contributed by atoms with Crippen molar-refractivity contribution in [2.75, 3.05) is 12.4 Å². The van der Waals surface area contributed by atoms with Gasteiger partial charge in [-0.25, -0.2) is 4.98 Å². The molecule has 0 radical (unpaired) electrons. The minimum atomic E-state index is 0.0696. The van der Waals surface area contributed by atoms with Gasteiger partial charge in [-0.3, -0.25) is 4.68 Å². The number of ether oxygens (including phenoxy) is 1. The van der Waals surface area contributed by atoms with Crippen LogP contribution < -0.4 is 10.1 Å². The Labute approximate surface area is 118 Å². The number of nitrogens with one attached hydrogen (secondary N) is 1. The first-order valence-corrected chi connectivity index (χ1v) is 6.96. The molecule has 0 aliphatic carbocycles. The molecule has 0 amide bonds. The molecule has 1 unspecified atom stereocenters. The van der Waals surface area contributed by atoms with Gasteiger partial charge in [0.15, 0.2) is 0 Å². The van der Waals surface area contributed by atoms with Crippen molar-refractivity contribution >= 4 is 5.95 Å². The molecule has 3 rings (SSSR count). The summed E-state index contributed by atoms with van der Waals surface area (Å²) in [6.07, 6.45) is 5.27. The van der Waals surface area contributed by atoms with Crippen LogP contribution in [0.2, 0.25) is 0 Å². The summed E-state index contributed by atoms with van der Waals surface area (Å²) in [6.45, 7) is 3.09. The lowest BCUT2D eigenvalue weighted by Gasteiger charge is -2.12. The molecule has 1 aliphatic rings. The van der Waals surface area contributed by atoms with Crippen LogP contribution in [0.4, 0.5) is 5.95 Å². The van der Waals surface area contributed by atoms with Gasteiger partial charge in [-0.05, 0) is 32.3 Å². The van der Waals surface area contributed by atoms with E-state index in [0.29, 0.717) is 11.8 Å². The lowest BCUT2D eigenvalue weighted by Crippen LogP contribution is -2.12. The summed E-state index contributed by atoms with van der Waals surface area (Å²) in [5.41, 5.74) is 2.36. The van der Waals surface area contributed by atoms with Crippen LogP contribution >= 0.6 is 0 Å². The normalized spacial score (nSPS) is 15.5. The van der Waals surface area contributed by atoms with Crippen LogP contribution in [-0.2, 0) is 13.0 Å². The Bertz CT molecular complexity index is 572. The van der Waals surface area contributed by atoms with Gasteiger partial charge in [-0.2, -0.15) is 10.1 Å². The van der Waals surface area contributed by atoms with Gasteiger partial charge < -0.3 is 10.1 Å². The van der Waals surface area contributed by atoms with E-state index in [2.05, 4.69) is 38.1 Å². The molecule has 6 heteroatoms. The molecule has 2 aromatic heterocycles. The molecular weight excluding hydrogens is 254 g/mol. The Hall–Kier alpha value is -2.11. The standard InChI is InChI=1S/C14H19N5O/c1-10(16-14-15-7-6-13(17-14)20-2)12-9-11-5-3-4-8-19(11)18-12/h6-7,9-10H,3-5,8H2,1-2H3,(H,15,16,17). The zero-order valence-corrected chi connectivity index (χ0v) is 11.8. The van der Waals surface area contributed by atoms with E-state index in [1.165, 1.54) is 18.5 Å². The molecule has 0 aromatic carbocycles. The van der Waals surface area contributed by atoms with Crippen molar-refractivity contribution in [1.82, 2.24) is 19.7 Å². The van der Waals surface area contributed by atoms with Crippen LogP contribution in [0.15, 0.2) is 18.3 Å². The second-order valence-corrected chi connectivity index (χ2v) is 5.03. The van der Waals surface area contributed by atoms with E-state index in [1.807, 2.05) is 0 Å². The Morgan fingerprint density at radius 1 is 1.40 bits per heavy atom. The zero-order valence-electron chi connectivity index (χ0n) is 11.8. The number of hydrogen-bond acceptors (Lipinski definition) is 5. The number of anilines is 1. The van der Waals surface area contributed by atoms with Gasteiger partial charge in [0, 0.05) is 24.5 Å². The smallest absolute Gasteiger partial charge is 0.226 e. The molecule has 6 nitrogen and oxygen atoms in total. The lowest BCUT2D eigenvalue weighted by atomic mass is 10.1. The molecule has 1 N–H and O–H groups in total. The summed E-state index contributed by atoms with van der Waals surface area (Å²) in [5, 5.41) is 7.92. The molecule has 0 spiro atoms.